The van der Waals surface area contributed by atoms with Gasteiger partial charge in [-0.2, -0.15) is 0 Å². The Morgan fingerprint density at radius 2 is 2.12 bits per heavy atom. The molecule has 1 rings (SSSR count). The summed E-state index contributed by atoms with van der Waals surface area (Å²) in [5.74, 6) is 0.245. The lowest BCUT2D eigenvalue weighted by atomic mass is 10.1. The van der Waals surface area contributed by atoms with Crippen molar-refractivity contribution in [1.29, 1.82) is 0 Å². The SMILES string of the molecule is Cc1cc(C(C)NC(=O)C(C)CCl)c(C)s1. The molecule has 0 spiro atoms. The van der Waals surface area contributed by atoms with E-state index in [0.717, 1.165) is 0 Å². The van der Waals surface area contributed by atoms with Gasteiger partial charge in [-0.3, -0.25) is 4.79 Å². The molecular formula is C12H18ClNOS. The van der Waals surface area contributed by atoms with E-state index in [1.54, 1.807) is 11.3 Å². The topological polar surface area (TPSA) is 29.1 Å². The van der Waals surface area contributed by atoms with Crippen molar-refractivity contribution in [3.05, 3.63) is 21.4 Å². The largest absolute Gasteiger partial charge is 0.349 e. The third-order valence-corrected chi connectivity index (χ3v) is 4.03. The Morgan fingerprint density at radius 1 is 1.50 bits per heavy atom. The summed E-state index contributed by atoms with van der Waals surface area (Å²) in [6.07, 6.45) is 0. The van der Waals surface area contributed by atoms with Crippen molar-refractivity contribution >= 4 is 28.8 Å². The number of rotatable bonds is 4. The second-order valence-corrected chi connectivity index (χ2v) is 5.92. The van der Waals surface area contributed by atoms with Crippen LogP contribution in [0.4, 0.5) is 0 Å². The van der Waals surface area contributed by atoms with Crippen molar-refractivity contribution in [2.45, 2.75) is 33.7 Å². The Hall–Kier alpha value is -0.540. The molecule has 1 heterocycles. The molecule has 1 N–H and O–H groups in total. The molecule has 0 aromatic carbocycles. The van der Waals surface area contributed by atoms with Crippen LogP contribution in [0.25, 0.3) is 0 Å². The molecule has 0 fully saturated rings. The number of amides is 1. The van der Waals surface area contributed by atoms with Crippen molar-refractivity contribution in [2.75, 3.05) is 5.88 Å². The molecule has 0 saturated heterocycles. The number of aryl methyl sites for hydroxylation is 2. The van der Waals surface area contributed by atoms with Crippen LogP contribution in [0.2, 0.25) is 0 Å². The predicted molar refractivity (Wildman–Crippen MR) is 70.2 cm³/mol. The maximum absolute atomic E-state index is 11.7. The Labute approximate surface area is 106 Å². The van der Waals surface area contributed by atoms with Crippen LogP contribution in [-0.4, -0.2) is 11.8 Å². The zero-order chi connectivity index (χ0) is 12.3. The Balaban J connectivity index is 2.69. The third kappa shape index (κ3) is 3.22. The summed E-state index contributed by atoms with van der Waals surface area (Å²) < 4.78 is 0. The number of carbonyl (C=O) groups is 1. The van der Waals surface area contributed by atoms with Gasteiger partial charge in [-0.05, 0) is 32.4 Å². The molecule has 1 amide bonds. The van der Waals surface area contributed by atoms with Gasteiger partial charge in [-0.1, -0.05) is 6.92 Å². The molecule has 1 aromatic rings. The number of nitrogens with one attached hydrogen (secondary N) is 1. The molecule has 90 valence electrons. The number of alkyl halides is 1. The molecule has 0 aliphatic rings. The third-order valence-electron chi connectivity index (χ3n) is 2.58. The summed E-state index contributed by atoms with van der Waals surface area (Å²) in [4.78, 5) is 14.2. The van der Waals surface area contributed by atoms with Gasteiger partial charge in [0.05, 0.1) is 6.04 Å². The van der Waals surface area contributed by atoms with Gasteiger partial charge >= 0.3 is 0 Å². The monoisotopic (exact) mass is 259 g/mol. The van der Waals surface area contributed by atoms with E-state index >= 15 is 0 Å². The van der Waals surface area contributed by atoms with Crippen LogP contribution in [-0.2, 0) is 4.79 Å². The van der Waals surface area contributed by atoms with Gasteiger partial charge in [0.25, 0.3) is 0 Å². The highest BCUT2D eigenvalue weighted by molar-refractivity contribution is 7.12. The number of carbonyl (C=O) groups excluding carboxylic acids is 1. The first-order valence-electron chi connectivity index (χ1n) is 5.39. The Kier molecular flexibility index (Phi) is 4.81. The van der Waals surface area contributed by atoms with E-state index in [1.807, 2.05) is 13.8 Å². The van der Waals surface area contributed by atoms with Crippen molar-refractivity contribution in [3.63, 3.8) is 0 Å². The normalized spacial score (nSPS) is 14.6. The minimum atomic E-state index is -0.135. The summed E-state index contributed by atoms with van der Waals surface area (Å²) in [7, 11) is 0. The summed E-state index contributed by atoms with van der Waals surface area (Å²) in [5.41, 5.74) is 1.21. The minimum Gasteiger partial charge on any atom is -0.349 e. The molecule has 0 aliphatic heterocycles. The maximum Gasteiger partial charge on any atom is 0.224 e. The number of hydrogen-bond donors (Lipinski definition) is 1. The predicted octanol–water partition coefficient (Wildman–Crippen LogP) is 3.42. The lowest BCUT2D eigenvalue weighted by molar-refractivity contribution is -0.124. The van der Waals surface area contributed by atoms with Crippen LogP contribution >= 0.6 is 22.9 Å². The molecular weight excluding hydrogens is 242 g/mol. The van der Waals surface area contributed by atoms with E-state index in [1.165, 1.54) is 15.3 Å². The van der Waals surface area contributed by atoms with Crippen molar-refractivity contribution in [3.8, 4) is 0 Å². The highest BCUT2D eigenvalue weighted by Gasteiger charge is 2.17. The van der Waals surface area contributed by atoms with Crippen LogP contribution in [0.3, 0.4) is 0 Å². The fourth-order valence-electron chi connectivity index (χ4n) is 1.58. The lowest BCUT2D eigenvalue weighted by Crippen LogP contribution is -2.32. The number of thiophene rings is 1. The average Bonchev–Trinajstić information content (AvgIpc) is 2.56. The molecule has 2 nitrogen and oxygen atoms in total. The zero-order valence-electron chi connectivity index (χ0n) is 10.1. The van der Waals surface area contributed by atoms with Crippen LogP contribution in [0, 0.1) is 19.8 Å². The first kappa shape index (κ1) is 13.5. The van der Waals surface area contributed by atoms with Crippen LogP contribution in [0.15, 0.2) is 6.07 Å². The molecule has 1 aromatic heterocycles. The quantitative estimate of drug-likeness (QED) is 0.825. The van der Waals surface area contributed by atoms with Gasteiger partial charge in [-0.15, -0.1) is 22.9 Å². The molecule has 2 unspecified atom stereocenters. The van der Waals surface area contributed by atoms with Gasteiger partial charge in [0.1, 0.15) is 0 Å². The van der Waals surface area contributed by atoms with Crippen molar-refractivity contribution in [1.82, 2.24) is 5.32 Å². The summed E-state index contributed by atoms with van der Waals surface area (Å²) in [6.45, 7) is 8.01. The molecule has 16 heavy (non-hydrogen) atoms. The molecule has 0 bridgehead atoms. The molecule has 0 radical (unpaired) electrons. The van der Waals surface area contributed by atoms with E-state index in [9.17, 15) is 4.79 Å². The van der Waals surface area contributed by atoms with Gasteiger partial charge in [-0.25, -0.2) is 0 Å². The Bertz CT molecular complexity index is 375. The van der Waals surface area contributed by atoms with Gasteiger partial charge in [0, 0.05) is 21.6 Å². The van der Waals surface area contributed by atoms with E-state index in [2.05, 4.69) is 25.2 Å². The fraction of sp³-hybridized carbons (Fsp3) is 0.583. The summed E-state index contributed by atoms with van der Waals surface area (Å²) in [5, 5.41) is 2.98. The molecule has 0 aliphatic carbocycles. The number of halogens is 1. The van der Waals surface area contributed by atoms with E-state index in [0.29, 0.717) is 5.88 Å². The maximum atomic E-state index is 11.7. The average molecular weight is 260 g/mol. The second kappa shape index (κ2) is 5.69. The van der Waals surface area contributed by atoms with Crippen molar-refractivity contribution in [2.24, 2.45) is 5.92 Å². The van der Waals surface area contributed by atoms with E-state index in [-0.39, 0.29) is 17.9 Å². The van der Waals surface area contributed by atoms with Crippen molar-refractivity contribution < 1.29 is 4.79 Å². The standard InChI is InChI=1S/C12H18ClNOS/c1-7(6-13)12(15)14-9(3)11-5-8(2)16-10(11)4/h5,7,9H,6H2,1-4H3,(H,14,15). The van der Waals surface area contributed by atoms with Crippen LogP contribution in [0.5, 0.6) is 0 Å². The van der Waals surface area contributed by atoms with E-state index in [4.69, 9.17) is 11.6 Å². The van der Waals surface area contributed by atoms with Crippen LogP contribution < -0.4 is 5.32 Å². The second-order valence-electron chi connectivity index (χ2n) is 4.15. The van der Waals surface area contributed by atoms with E-state index < -0.39 is 0 Å². The van der Waals surface area contributed by atoms with Crippen LogP contribution in [0.1, 0.15) is 35.2 Å². The molecule has 0 saturated carbocycles. The molecule has 2 atom stereocenters. The minimum absolute atomic E-state index is 0.0192. The molecule has 4 heteroatoms. The summed E-state index contributed by atoms with van der Waals surface area (Å²) >= 11 is 7.41. The van der Waals surface area contributed by atoms with Gasteiger partial charge in [0.15, 0.2) is 0 Å². The Morgan fingerprint density at radius 3 is 2.56 bits per heavy atom. The van der Waals surface area contributed by atoms with Gasteiger partial charge in [0.2, 0.25) is 5.91 Å². The first-order chi connectivity index (χ1) is 7.45. The zero-order valence-corrected chi connectivity index (χ0v) is 11.7. The fourth-order valence-corrected chi connectivity index (χ4v) is 2.75. The highest BCUT2D eigenvalue weighted by Crippen LogP contribution is 2.26. The number of hydrogen-bond acceptors (Lipinski definition) is 2. The van der Waals surface area contributed by atoms with Gasteiger partial charge < -0.3 is 5.32 Å². The lowest BCUT2D eigenvalue weighted by Gasteiger charge is -2.16. The first-order valence-corrected chi connectivity index (χ1v) is 6.74. The smallest absolute Gasteiger partial charge is 0.224 e. The summed E-state index contributed by atoms with van der Waals surface area (Å²) in [6, 6.07) is 2.19. The highest BCUT2D eigenvalue weighted by atomic mass is 35.5.